The van der Waals surface area contributed by atoms with E-state index < -0.39 is 0 Å². The van der Waals surface area contributed by atoms with E-state index >= 15 is 0 Å². The van der Waals surface area contributed by atoms with Gasteiger partial charge in [-0.25, -0.2) is 4.98 Å². The molecule has 1 saturated heterocycles. The molecule has 0 spiro atoms. The second-order valence-electron chi connectivity index (χ2n) is 7.51. The third-order valence-corrected chi connectivity index (χ3v) is 5.87. The molecule has 10 nitrogen and oxygen atoms in total. The molecular weight excluding hydrogens is 360 g/mol. The van der Waals surface area contributed by atoms with Crippen molar-refractivity contribution in [2.45, 2.75) is 31.2 Å². The molecule has 2 fully saturated rings. The number of pyridine rings is 1. The Labute approximate surface area is 160 Å². The summed E-state index contributed by atoms with van der Waals surface area (Å²) < 4.78 is 1.63. The molecule has 28 heavy (non-hydrogen) atoms. The fourth-order valence-corrected chi connectivity index (χ4v) is 4.15. The first-order chi connectivity index (χ1) is 13.6. The Bertz CT molecular complexity index is 1060. The van der Waals surface area contributed by atoms with Crippen molar-refractivity contribution in [3.05, 3.63) is 46.6 Å². The molecule has 0 atom stereocenters. The van der Waals surface area contributed by atoms with Crippen molar-refractivity contribution in [3.63, 3.8) is 0 Å². The minimum Gasteiger partial charge on any atom is -0.353 e. The summed E-state index contributed by atoms with van der Waals surface area (Å²) in [5.41, 5.74) is 0.804. The highest BCUT2D eigenvalue weighted by atomic mass is 16.2. The molecule has 3 aromatic rings. The van der Waals surface area contributed by atoms with Gasteiger partial charge >= 0.3 is 0 Å². The number of aromatic amines is 1. The van der Waals surface area contributed by atoms with Gasteiger partial charge in [-0.05, 0) is 48.1 Å². The zero-order chi connectivity index (χ0) is 19.1. The lowest BCUT2D eigenvalue weighted by atomic mass is 9.87. The minimum absolute atomic E-state index is 0.128. The van der Waals surface area contributed by atoms with Gasteiger partial charge in [0.15, 0.2) is 5.82 Å². The highest BCUT2D eigenvalue weighted by Gasteiger charge is 2.51. The summed E-state index contributed by atoms with van der Waals surface area (Å²) in [6.45, 7) is 1.70. The van der Waals surface area contributed by atoms with Crippen molar-refractivity contribution >= 4 is 17.4 Å². The lowest BCUT2D eigenvalue weighted by molar-refractivity contribution is 0.0905. The van der Waals surface area contributed by atoms with E-state index in [1.807, 2.05) is 0 Å². The van der Waals surface area contributed by atoms with Crippen molar-refractivity contribution in [2.75, 3.05) is 18.0 Å². The Morgan fingerprint density at radius 1 is 1.25 bits per heavy atom. The molecule has 0 radical (unpaired) electrons. The summed E-state index contributed by atoms with van der Waals surface area (Å²) in [7, 11) is 0. The van der Waals surface area contributed by atoms with E-state index in [-0.39, 0.29) is 17.0 Å². The maximum atomic E-state index is 12.6. The predicted octanol–water partition coefficient (Wildman–Crippen LogP) is 0.387. The monoisotopic (exact) mass is 380 g/mol. The maximum Gasteiger partial charge on any atom is 0.253 e. The van der Waals surface area contributed by atoms with Gasteiger partial charge in [-0.2, -0.15) is 4.52 Å². The second-order valence-corrected chi connectivity index (χ2v) is 7.51. The van der Waals surface area contributed by atoms with Crippen LogP contribution < -0.4 is 15.8 Å². The van der Waals surface area contributed by atoms with Crippen LogP contribution in [0.2, 0.25) is 0 Å². The molecule has 0 unspecified atom stereocenters. The number of hydrogen-bond donors (Lipinski definition) is 2. The van der Waals surface area contributed by atoms with E-state index in [1.54, 1.807) is 23.0 Å². The number of nitrogens with zero attached hydrogens (tertiary/aromatic N) is 6. The van der Waals surface area contributed by atoms with Gasteiger partial charge in [0.25, 0.3) is 5.91 Å². The molecule has 0 bridgehead atoms. The Balaban J connectivity index is 1.26. The average Bonchev–Trinajstić information content (AvgIpc) is 3.33. The standard InChI is InChI=1S/C18H20N8O2/c27-14-2-1-12(11-20-14)17(28)21-18(5-6-18)13-3-8-25(9-4-13)15-16-22-23-24-26(16)10-7-19-15/h1-2,7,10-11,13H,3-6,8-9H2,(H,20,27)(H,21,28). The lowest BCUT2D eigenvalue weighted by Crippen LogP contribution is -2.47. The molecule has 1 amide bonds. The highest BCUT2D eigenvalue weighted by Crippen LogP contribution is 2.47. The molecule has 144 valence electrons. The van der Waals surface area contributed by atoms with E-state index in [9.17, 15) is 9.59 Å². The predicted molar refractivity (Wildman–Crippen MR) is 100 cm³/mol. The fourth-order valence-electron chi connectivity index (χ4n) is 4.15. The normalized spacial score (nSPS) is 18.9. The number of aromatic nitrogens is 6. The summed E-state index contributed by atoms with van der Waals surface area (Å²) in [5.74, 6) is 1.09. The number of hydrogen-bond acceptors (Lipinski definition) is 7. The Hall–Kier alpha value is -3.30. The summed E-state index contributed by atoms with van der Waals surface area (Å²) in [6.07, 6.45) is 8.83. The number of nitrogens with one attached hydrogen (secondary N) is 2. The van der Waals surface area contributed by atoms with Crippen LogP contribution in [-0.4, -0.2) is 54.5 Å². The number of fused-ring (bicyclic) bond motifs is 1. The average molecular weight is 380 g/mol. The van der Waals surface area contributed by atoms with Gasteiger partial charge in [0.1, 0.15) is 0 Å². The summed E-state index contributed by atoms with van der Waals surface area (Å²) in [5, 5.41) is 14.9. The van der Waals surface area contributed by atoms with Crippen LogP contribution >= 0.6 is 0 Å². The van der Waals surface area contributed by atoms with Crippen molar-refractivity contribution in [1.29, 1.82) is 0 Å². The van der Waals surface area contributed by atoms with E-state index in [0.29, 0.717) is 17.1 Å². The number of amides is 1. The van der Waals surface area contributed by atoms with E-state index in [4.69, 9.17) is 0 Å². The third-order valence-electron chi connectivity index (χ3n) is 5.87. The van der Waals surface area contributed by atoms with Crippen molar-refractivity contribution in [3.8, 4) is 0 Å². The van der Waals surface area contributed by atoms with E-state index in [2.05, 4.69) is 35.7 Å². The van der Waals surface area contributed by atoms with E-state index in [1.165, 1.54) is 12.3 Å². The molecule has 0 aromatic carbocycles. The Morgan fingerprint density at radius 3 is 2.79 bits per heavy atom. The van der Waals surface area contributed by atoms with Crippen LogP contribution in [0.1, 0.15) is 36.0 Å². The van der Waals surface area contributed by atoms with Gasteiger partial charge in [-0.1, -0.05) is 0 Å². The Kier molecular flexibility index (Phi) is 3.85. The fraction of sp³-hybridized carbons (Fsp3) is 0.444. The minimum atomic E-state index is -0.212. The quantitative estimate of drug-likeness (QED) is 0.671. The van der Waals surface area contributed by atoms with Crippen LogP contribution in [0.5, 0.6) is 0 Å². The molecule has 10 heteroatoms. The lowest BCUT2D eigenvalue weighted by Gasteiger charge is -2.37. The first-order valence-corrected chi connectivity index (χ1v) is 9.44. The number of anilines is 1. The van der Waals surface area contributed by atoms with Crippen LogP contribution in [0.25, 0.3) is 5.65 Å². The van der Waals surface area contributed by atoms with Gasteiger partial charge in [0.2, 0.25) is 11.2 Å². The number of rotatable bonds is 4. The van der Waals surface area contributed by atoms with E-state index in [0.717, 1.165) is 44.6 Å². The number of carbonyl (C=O) groups excluding carboxylic acids is 1. The molecule has 1 aliphatic heterocycles. The topological polar surface area (TPSA) is 121 Å². The highest BCUT2D eigenvalue weighted by molar-refractivity contribution is 5.94. The molecule has 5 rings (SSSR count). The third kappa shape index (κ3) is 2.90. The maximum absolute atomic E-state index is 12.6. The van der Waals surface area contributed by atoms with Crippen LogP contribution in [0.4, 0.5) is 5.82 Å². The zero-order valence-corrected chi connectivity index (χ0v) is 15.2. The number of carbonyl (C=O) groups is 1. The smallest absolute Gasteiger partial charge is 0.253 e. The number of piperidine rings is 1. The molecule has 3 aromatic heterocycles. The molecule has 2 aliphatic rings. The zero-order valence-electron chi connectivity index (χ0n) is 15.2. The number of H-pyrrole nitrogens is 1. The van der Waals surface area contributed by atoms with Gasteiger partial charge in [0.05, 0.1) is 11.8 Å². The first-order valence-electron chi connectivity index (χ1n) is 9.44. The van der Waals surface area contributed by atoms with Crippen molar-refractivity contribution in [2.24, 2.45) is 5.92 Å². The van der Waals surface area contributed by atoms with Crippen LogP contribution in [-0.2, 0) is 0 Å². The Morgan fingerprint density at radius 2 is 2.07 bits per heavy atom. The van der Waals surface area contributed by atoms with Crippen LogP contribution in [0, 0.1) is 5.92 Å². The van der Waals surface area contributed by atoms with Crippen molar-refractivity contribution < 1.29 is 4.79 Å². The molecule has 1 aliphatic carbocycles. The summed E-state index contributed by atoms with van der Waals surface area (Å²) >= 11 is 0. The second kappa shape index (κ2) is 6.39. The first kappa shape index (κ1) is 16.8. The summed E-state index contributed by atoms with van der Waals surface area (Å²) in [6, 6.07) is 2.94. The summed E-state index contributed by atoms with van der Waals surface area (Å²) in [4.78, 5) is 33.0. The van der Waals surface area contributed by atoms with Gasteiger partial charge in [0, 0.05) is 37.1 Å². The van der Waals surface area contributed by atoms with Crippen LogP contribution in [0.15, 0.2) is 35.5 Å². The number of tetrazole rings is 1. The van der Waals surface area contributed by atoms with Gasteiger partial charge in [-0.3, -0.25) is 9.59 Å². The molecule has 1 saturated carbocycles. The molecule has 2 N–H and O–H groups in total. The SMILES string of the molecule is O=C(NC1(C2CCN(c3nccn4nnnc34)CC2)CC1)c1ccc(=O)[nH]c1. The van der Waals surface area contributed by atoms with Gasteiger partial charge < -0.3 is 15.2 Å². The van der Waals surface area contributed by atoms with Crippen molar-refractivity contribution in [1.82, 2.24) is 35.3 Å². The molecular formula is C18H20N8O2. The largest absolute Gasteiger partial charge is 0.353 e. The van der Waals surface area contributed by atoms with Crippen LogP contribution in [0.3, 0.4) is 0 Å². The van der Waals surface area contributed by atoms with Gasteiger partial charge in [-0.15, -0.1) is 5.10 Å². The molecule has 4 heterocycles.